The fourth-order valence-electron chi connectivity index (χ4n) is 1.80. The Labute approximate surface area is 120 Å². The number of amides is 1. The van der Waals surface area contributed by atoms with E-state index in [4.69, 9.17) is 5.14 Å². The number of aryl methyl sites for hydroxylation is 1. The Morgan fingerprint density at radius 1 is 1.10 bits per heavy atom. The molecule has 1 aliphatic rings. The molecule has 9 heteroatoms. The van der Waals surface area contributed by atoms with E-state index in [1.54, 1.807) is 0 Å². The van der Waals surface area contributed by atoms with Crippen LogP contribution >= 0.6 is 0 Å². The largest absolute Gasteiger partial charge is 0.323 e. The minimum atomic E-state index is -3.99. The third-order valence-electron chi connectivity index (χ3n) is 2.89. The van der Waals surface area contributed by atoms with Crippen LogP contribution in [0.1, 0.15) is 12.5 Å². The van der Waals surface area contributed by atoms with Crippen molar-refractivity contribution in [1.82, 2.24) is 0 Å². The van der Waals surface area contributed by atoms with E-state index in [-0.39, 0.29) is 16.3 Å². The molecule has 0 unspecified atom stereocenters. The monoisotopic (exact) mass is 309 g/mol. The lowest BCUT2D eigenvalue weighted by molar-refractivity contribution is -0.142. The van der Waals surface area contributed by atoms with Crippen LogP contribution in [0.4, 0.5) is 5.69 Å². The van der Waals surface area contributed by atoms with Gasteiger partial charge in [0.05, 0.1) is 10.6 Å². The molecule has 110 valence electrons. The Balaban J connectivity index is 2.60. The summed E-state index contributed by atoms with van der Waals surface area (Å²) in [5, 5.41) is 9.48. The highest BCUT2D eigenvalue weighted by molar-refractivity contribution is 7.89. The quantitative estimate of drug-likeness (QED) is 0.737. The number of primary sulfonamides is 1. The predicted molar refractivity (Wildman–Crippen MR) is 73.2 cm³/mol. The van der Waals surface area contributed by atoms with Crippen LogP contribution in [0.2, 0.25) is 0 Å². The third-order valence-corrected chi connectivity index (χ3v) is 3.95. The maximum Gasteiger partial charge on any atom is 0.323 e. The Kier molecular flexibility index (Phi) is 3.47. The molecule has 21 heavy (non-hydrogen) atoms. The van der Waals surface area contributed by atoms with Crippen LogP contribution < -0.4 is 10.1 Å². The van der Waals surface area contributed by atoms with Crippen molar-refractivity contribution < 1.29 is 22.8 Å². The van der Waals surface area contributed by atoms with E-state index in [9.17, 15) is 22.8 Å². The van der Waals surface area contributed by atoms with Crippen molar-refractivity contribution in [3.63, 3.8) is 0 Å². The number of carbonyl (C=O) groups is 3. The van der Waals surface area contributed by atoms with E-state index in [0.717, 1.165) is 6.07 Å². The lowest BCUT2D eigenvalue weighted by Crippen LogP contribution is -2.44. The molecule has 8 nitrogen and oxygen atoms in total. The van der Waals surface area contributed by atoms with Crippen LogP contribution in [0.3, 0.4) is 0 Å². The number of benzene rings is 1. The Morgan fingerprint density at radius 2 is 1.71 bits per heavy atom. The average Bonchev–Trinajstić information content (AvgIpc) is 2.40. The summed E-state index contributed by atoms with van der Waals surface area (Å²) < 4.78 is 22.9. The second-order valence-corrected chi connectivity index (χ2v) is 5.99. The summed E-state index contributed by atoms with van der Waals surface area (Å²) in [7, 11) is -3.99. The average molecular weight is 309 g/mol. The van der Waals surface area contributed by atoms with E-state index in [1.165, 1.54) is 26.0 Å². The van der Waals surface area contributed by atoms with Gasteiger partial charge in [0.25, 0.3) is 11.6 Å². The molecule has 0 saturated heterocycles. The number of nitrogens with zero attached hydrogens (tertiary/aromatic N) is 2. The summed E-state index contributed by atoms with van der Waals surface area (Å²) in [4.78, 5) is 34.5. The van der Waals surface area contributed by atoms with Gasteiger partial charge in [-0.1, -0.05) is 6.07 Å². The van der Waals surface area contributed by atoms with Gasteiger partial charge in [0.2, 0.25) is 10.0 Å². The summed E-state index contributed by atoms with van der Waals surface area (Å²) in [6.45, 7) is 2.82. The first-order valence-electron chi connectivity index (χ1n) is 5.74. The number of nitrogens with two attached hydrogens (primary N) is 1. The normalized spacial score (nSPS) is 16.2. The van der Waals surface area contributed by atoms with Crippen LogP contribution in [0, 0.1) is 6.92 Å². The first-order chi connectivity index (χ1) is 9.62. The van der Waals surface area contributed by atoms with Crippen molar-refractivity contribution >= 4 is 38.9 Å². The Morgan fingerprint density at radius 3 is 2.29 bits per heavy atom. The van der Waals surface area contributed by atoms with Gasteiger partial charge >= 0.3 is 5.91 Å². The van der Waals surface area contributed by atoms with E-state index < -0.39 is 27.5 Å². The number of hydrogen-bond donors (Lipinski definition) is 1. The van der Waals surface area contributed by atoms with Crippen LogP contribution in [0.15, 0.2) is 28.2 Å². The van der Waals surface area contributed by atoms with E-state index in [2.05, 4.69) is 5.10 Å². The standard InChI is InChI=1S/C12H11N3O5S/c1-6-3-4-8(5-9(6)21(13,19)20)15-12(18)11(17)10(16)7(2)14-15/h3-5H,1-2H3,(H2,13,19,20). The van der Waals surface area contributed by atoms with Crippen LogP contribution in [-0.2, 0) is 24.4 Å². The molecular weight excluding hydrogens is 298 g/mol. The molecule has 0 fully saturated rings. The molecule has 1 heterocycles. The van der Waals surface area contributed by atoms with Gasteiger partial charge < -0.3 is 0 Å². The van der Waals surface area contributed by atoms with Crippen molar-refractivity contribution in [3.05, 3.63) is 23.8 Å². The van der Waals surface area contributed by atoms with Crippen LogP contribution in [0.25, 0.3) is 0 Å². The maximum atomic E-state index is 11.8. The number of anilines is 1. The Bertz CT molecular complexity index is 810. The van der Waals surface area contributed by atoms with Crippen molar-refractivity contribution in [3.8, 4) is 0 Å². The first kappa shape index (κ1) is 15.0. The Hall–Kier alpha value is -2.39. The number of Topliss-reactive ketones (excluding diaryl/α,β-unsaturated/α-hetero) is 2. The van der Waals surface area contributed by atoms with Gasteiger partial charge in [-0.2, -0.15) is 10.1 Å². The highest BCUT2D eigenvalue weighted by Gasteiger charge is 2.36. The molecule has 0 aliphatic carbocycles. The third kappa shape index (κ3) is 2.60. The number of hydrazone groups is 1. The predicted octanol–water partition coefficient (Wildman–Crippen LogP) is -0.497. The highest BCUT2D eigenvalue weighted by Crippen LogP contribution is 2.24. The zero-order valence-corrected chi connectivity index (χ0v) is 12.0. The van der Waals surface area contributed by atoms with Gasteiger partial charge in [-0.15, -0.1) is 0 Å². The molecule has 0 atom stereocenters. The zero-order chi connectivity index (χ0) is 15.9. The molecule has 2 N–H and O–H groups in total. The summed E-state index contributed by atoms with van der Waals surface area (Å²) in [6.07, 6.45) is 0. The molecule has 0 saturated carbocycles. The van der Waals surface area contributed by atoms with Gasteiger partial charge in [0.15, 0.2) is 0 Å². The molecular formula is C12H11N3O5S. The topological polar surface area (TPSA) is 127 Å². The van der Waals surface area contributed by atoms with Crippen LogP contribution in [-0.4, -0.2) is 31.6 Å². The summed E-state index contributed by atoms with van der Waals surface area (Å²) in [6, 6.07) is 3.96. The molecule has 1 aliphatic heterocycles. The second-order valence-electron chi connectivity index (χ2n) is 4.46. The summed E-state index contributed by atoms with van der Waals surface area (Å²) in [5.41, 5.74) is 0.265. The molecule has 0 bridgehead atoms. The van der Waals surface area contributed by atoms with E-state index >= 15 is 0 Å². The molecule has 1 amide bonds. The minimum absolute atomic E-state index is 0.0369. The number of carbonyl (C=O) groups excluding carboxylic acids is 3. The van der Waals surface area contributed by atoms with Gasteiger partial charge in [-0.3, -0.25) is 14.4 Å². The molecule has 2 rings (SSSR count). The lowest BCUT2D eigenvalue weighted by Gasteiger charge is -2.21. The molecule has 1 aromatic rings. The van der Waals surface area contributed by atoms with Gasteiger partial charge in [0.1, 0.15) is 5.71 Å². The fourth-order valence-corrected chi connectivity index (χ4v) is 2.60. The van der Waals surface area contributed by atoms with Gasteiger partial charge in [0, 0.05) is 0 Å². The molecule has 1 aromatic carbocycles. The van der Waals surface area contributed by atoms with Crippen molar-refractivity contribution in [2.24, 2.45) is 10.2 Å². The number of ketones is 2. The smallest absolute Gasteiger partial charge is 0.283 e. The summed E-state index contributed by atoms with van der Waals surface area (Å²) in [5.74, 6) is -3.34. The second kappa shape index (κ2) is 4.86. The number of sulfonamides is 1. The van der Waals surface area contributed by atoms with Crippen LogP contribution in [0.5, 0.6) is 0 Å². The van der Waals surface area contributed by atoms with E-state index in [1.807, 2.05) is 0 Å². The highest BCUT2D eigenvalue weighted by atomic mass is 32.2. The number of hydrogen-bond acceptors (Lipinski definition) is 6. The first-order valence-corrected chi connectivity index (χ1v) is 7.29. The fraction of sp³-hybridized carbons (Fsp3) is 0.167. The molecule has 0 spiro atoms. The van der Waals surface area contributed by atoms with Crippen molar-refractivity contribution in [2.45, 2.75) is 18.7 Å². The summed E-state index contributed by atoms with van der Waals surface area (Å²) >= 11 is 0. The molecule has 0 aromatic heterocycles. The molecule has 0 radical (unpaired) electrons. The van der Waals surface area contributed by atoms with E-state index in [0.29, 0.717) is 10.6 Å². The van der Waals surface area contributed by atoms with Gasteiger partial charge in [-0.05, 0) is 31.5 Å². The zero-order valence-electron chi connectivity index (χ0n) is 11.2. The van der Waals surface area contributed by atoms with Crippen molar-refractivity contribution in [2.75, 3.05) is 5.01 Å². The SMILES string of the molecule is CC1=NN(c2ccc(C)c(S(N)(=O)=O)c2)C(=O)C(=O)C1=O. The lowest BCUT2D eigenvalue weighted by atomic mass is 10.1. The maximum absolute atomic E-state index is 11.8. The van der Waals surface area contributed by atoms with Gasteiger partial charge in [-0.25, -0.2) is 13.6 Å². The van der Waals surface area contributed by atoms with Crippen molar-refractivity contribution in [1.29, 1.82) is 0 Å². The number of rotatable bonds is 2. The minimum Gasteiger partial charge on any atom is -0.283 e.